The van der Waals surface area contributed by atoms with Gasteiger partial charge in [-0.05, 0) is 20.5 Å². The number of carboxylic acids is 2. The summed E-state index contributed by atoms with van der Waals surface area (Å²) < 4.78 is 67.5. The van der Waals surface area contributed by atoms with E-state index in [1.54, 1.807) is 0 Å². The lowest BCUT2D eigenvalue weighted by molar-refractivity contribution is -0.334. The van der Waals surface area contributed by atoms with E-state index in [4.69, 9.17) is 0 Å². The molecule has 0 aromatic heterocycles. The molecule has 0 aliphatic carbocycles. The van der Waals surface area contributed by atoms with E-state index in [0.717, 1.165) is 13.8 Å². The molecular formula is C15H19F5N2O4-2. The van der Waals surface area contributed by atoms with Crippen molar-refractivity contribution in [2.75, 3.05) is 20.6 Å². The average molecular weight is 386 g/mol. The molecule has 4 atom stereocenters. The summed E-state index contributed by atoms with van der Waals surface area (Å²) in [5.41, 5.74) is -7.53. The van der Waals surface area contributed by atoms with E-state index < -0.39 is 66.0 Å². The molecule has 1 aliphatic heterocycles. The SMILES string of the molecule is CCC1(C(=O)[O-])C(C(F)(F)F)=NC(C(F)F)C(C)(C(=O)[O-])C1CN(C)C. The van der Waals surface area contributed by atoms with Crippen molar-refractivity contribution in [1.82, 2.24) is 4.90 Å². The molecule has 0 saturated carbocycles. The lowest BCUT2D eigenvalue weighted by Crippen LogP contribution is -2.70. The third-order valence-corrected chi connectivity index (χ3v) is 5.04. The maximum Gasteiger partial charge on any atom is 0.430 e. The molecule has 0 aromatic carbocycles. The number of aliphatic carboxylic acids is 2. The first-order valence-corrected chi connectivity index (χ1v) is 7.68. The zero-order valence-electron chi connectivity index (χ0n) is 14.6. The van der Waals surface area contributed by atoms with Crippen LogP contribution in [0.1, 0.15) is 20.3 Å². The first kappa shape index (κ1) is 22.3. The first-order chi connectivity index (χ1) is 11.7. The summed E-state index contributed by atoms with van der Waals surface area (Å²) in [6.07, 6.45) is -9.68. The molecule has 1 heterocycles. The Kier molecular flexibility index (Phi) is 6.07. The lowest BCUT2D eigenvalue weighted by atomic mass is 9.54. The number of nitrogens with zero attached hydrogens (tertiary/aromatic N) is 2. The van der Waals surface area contributed by atoms with Crippen LogP contribution in [0.25, 0.3) is 0 Å². The largest absolute Gasteiger partial charge is 0.549 e. The monoisotopic (exact) mass is 386 g/mol. The highest BCUT2D eigenvalue weighted by Gasteiger charge is 2.65. The third-order valence-electron chi connectivity index (χ3n) is 5.04. The van der Waals surface area contributed by atoms with Crippen LogP contribution in [-0.4, -0.2) is 61.8 Å². The minimum Gasteiger partial charge on any atom is -0.549 e. The van der Waals surface area contributed by atoms with Crippen molar-refractivity contribution in [2.45, 2.75) is 38.9 Å². The molecule has 0 aromatic rings. The minimum absolute atomic E-state index is 0.537. The Morgan fingerprint density at radius 3 is 2.00 bits per heavy atom. The van der Waals surface area contributed by atoms with Gasteiger partial charge in [0.05, 0.1) is 17.4 Å². The number of aliphatic imine (C=N–C) groups is 1. The van der Waals surface area contributed by atoms with E-state index in [-0.39, 0.29) is 0 Å². The summed E-state index contributed by atoms with van der Waals surface area (Å²) in [6, 6.07) is -2.62. The van der Waals surface area contributed by atoms with E-state index >= 15 is 0 Å². The van der Waals surface area contributed by atoms with Crippen LogP contribution in [0.3, 0.4) is 0 Å². The van der Waals surface area contributed by atoms with Crippen molar-refractivity contribution >= 4 is 17.7 Å². The molecule has 0 fully saturated rings. The molecule has 0 radical (unpaired) electrons. The van der Waals surface area contributed by atoms with Crippen LogP contribution in [0.4, 0.5) is 22.0 Å². The Balaban J connectivity index is 3.99. The fourth-order valence-corrected chi connectivity index (χ4v) is 3.69. The van der Waals surface area contributed by atoms with Crippen molar-refractivity contribution in [3.8, 4) is 0 Å². The van der Waals surface area contributed by atoms with Gasteiger partial charge >= 0.3 is 6.18 Å². The summed E-state index contributed by atoms with van der Waals surface area (Å²) in [6.45, 7) is 1.29. The number of halogens is 5. The van der Waals surface area contributed by atoms with Gasteiger partial charge in [0.15, 0.2) is 0 Å². The minimum atomic E-state index is -5.36. The molecule has 0 bridgehead atoms. The highest BCUT2D eigenvalue weighted by atomic mass is 19.4. The molecule has 1 aliphatic rings. The van der Waals surface area contributed by atoms with Gasteiger partial charge in [-0.15, -0.1) is 0 Å². The van der Waals surface area contributed by atoms with Gasteiger partial charge in [0.2, 0.25) is 0 Å². The molecule has 11 heteroatoms. The number of carboxylic acid groups (broad SMARTS) is 2. The van der Waals surface area contributed by atoms with Crippen LogP contribution in [-0.2, 0) is 9.59 Å². The molecule has 0 saturated heterocycles. The first-order valence-electron chi connectivity index (χ1n) is 7.68. The molecule has 0 amide bonds. The smallest absolute Gasteiger partial charge is 0.430 e. The lowest BCUT2D eigenvalue weighted by Gasteiger charge is -2.56. The summed E-state index contributed by atoms with van der Waals surface area (Å²) in [4.78, 5) is 27.7. The van der Waals surface area contributed by atoms with Crippen molar-refractivity contribution < 1.29 is 41.8 Å². The van der Waals surface area contributed by atoms with Crippen LogP contribution < -0.4 is 10.2 Å². The summed E-state index contributed by atoms with van der Waals surface area (Å²) in [7, 11) is 2.70. The van der Waals surface area contributed by atoms with Gasteiger partial charge in [0.1, 0.15) is 11.8 Å². The van der Waals surface area contributed by atoms with Gasteiger partial charge < -0.3 is 24.7 Å². The number of carbonyl (C=O) groups is 2. The van der Waals surface area contributed by atoms with Crippen LogP contribution in [0.5, 0.6) is 0 Å². The summed E-state index contributed by atoms with van der Waals surface area (Å²) >= 11 is 0. The van der Waals surface area contributed by atoms with Crippen LogP contribution in [0.15, 0.2) is 4.99 Å². The molecule has 6 nitrogen and oxygen atoms in total. The van der Waals surface area contributed by atoms with E-state index in [1.165, 1.54) is 19.0 Å². The van der Waals surface area contributed by atoms with Crippen LogP contribution >= 0.6 is 0 Å². The Bertz CT molecular complexity index is 607. The Hall–Kier alpha value is -1.78. The topological polar surface area (TPSA) is 95.9 Å². The number of rotatable bonds is 6. The maximum atomic E-state index is 13.5. The fourth-order valence-electron chi connectivity index (χ4n) is 3.69. The van der Waals surface area contributed by atoms with Gasteiger partial charge in [-0.1, -0.05) is 13.8 Å². The van der Waals surface area contributed by atoms with Gasteiger partial charge in [0, 0.05) is 17.9 Å². The zero-order chi connectivity index (χ0) is 20.7. The van der Waals surface area contributed by atoms with Gasteiger partial charge in [-0.25, -0.2) is 8.78 Å². The second-order valence-electron chi connectivity index (χ2n) is 6.75. The van der Waals surface area contributed by atoms with Gasteiger partial charge in [-0.2, -0.15) is 13.2 Å². The highest BCUT2D eigenvalue weighted by molar-refractivity contribution is 6.10. The highest BCUT2D eigenvalue weighted by Crippen LogP contribution is 2.54. The van der Waals surface area contributed by atoms with Gasteiger partial charge in [0.25, 0.3) is 6.43 Å². The maximum absolute atomic E-state index is 13.5. The van der Waals surface area contributed by atoms with E-state index in [2.05, 4.69) is 4.99 Å². The van der Waals surface area contributed by atoms with Crippen LogP contribution in [0, 0.1) is 16.7 Å². The molecule has 150 valence electrons. The zero-order valence-corrected chi connectivity index (χ0v) is 14.6. The van der Waals surface area contributed by atoms with E-state index in [1.807, 2.05) is 0 Å². The number of hydrogen-bond acceptors (Lipinski definition) is 6. The van der Waals surface area contributed by atoms with Crippen molar-refractivity contribution in [3.63, 3.8) is 0 Å². The van der Waals surface area contributed by atoms with Crippen molar-refractivity contribution in [1.29, 1.82) is 0 Å². The van der Waals surface area contributed by atoms with E-state index in [9.17, 15) is 41.8 Å². The summed E-state index contributed by atoms with van der Waals surface area (Å²) in [5.74, 6) is -6.24. The Labute approximate surface area is 146 Å². The molecular weight excluding hydrogens is 367 g/mol. The average Bonchev–Trinajstić information content (AvgIpc) is 2.46. The van der Waals surface area contributed by atoms with Crippen molar-refractivity contribution in [3.05, 3.63) is 0 Å². The Morgan fingerprint density at radius 1 is 1.23 bits per heavy atom. The third kappa shape index (κ3) is 3.28. The second-order valence-corrected chi connectivity index (χ2v) is 6.75. The standard InChI is InChI=1S/C15H21F5N2O4/c1-5-14(12(25)26)7(6-22(3)4)13(2,11(23)24)8(9(16)17)21-10(14)15(18,19)20/h7-9H,5-6H2,1-4H3,(H,23,24)(H,25,26)/p-2. The molecule has 1 rings (SSSR count). The number of alkyl halides is 5. The predicted octanol–water partition coefficient (Wildman–Crippen LogP) is -0.283. The second kappa shape index (κ2) is 7.09. The van der Waals surface area contributed by atoms with Crippen LogP contribution in [0.2, 0.25) is 0 Å². The fraction of sp³-hybridized carbons (Fsp3) is 0.800. The predicted molar refractivity (Wildman–Crippen MR) is 76.2 cm³/mol. The number of carbonyl (C=O) groups excluding carboxylic acids is 2. The number of hydrogen-bond donors (Lipinski definition) is 0. The molecule has 0 N–H and O–H groups in total. The van der Waals surface area contributed by atoms with Crippen molar-refractivity contribution in [2.24, 2.45) is 21.7 Å². The Morgan fingerprint density at radius 2 is 1.73 bits per heavy atom. The van der Waals surface area contributed by atoms with E-state index in [0.29, 0.717) is 0 Å². The quantitative estimate of drug-likeness (QED) is 0.585. The molecule has 0 spiro atoms. The normalized spacial score (nSPS) is 32.7. The molecule has 26 heavy (non-hydrogen) atoms. The molecule has 4 unspecified atom stereocenters. The summed E-state index contributed by atoms with van der Waals surface area (Å²) in [5, 5.41) is 23.6. The van der Waals surface area contributed by atoms with Gasteiger partial charge in [-0.3, -0.25) is 4.99 Å².